The fraction of sp³-hybridized carbons (Fsp3) is 0.358. The van der Waals surface area contributed by atoms with E-state index in [1.54, 1.807) is 21.7 Å². The average molecular weight is 751 g/mol. The molecule has 3 heteroatoms. The first-order chi connectivity index (χ1) is 27.3. The molecule has 4 heterocycles. The van der Waals surface area contributed by atoms with Crippen LogP contribution in [0, 0.1) is 11.8 Å². The van der Waals surface area contributed by atoms with Crippen LogP contribution in [-0.2, 0) is 11.8 Å². The minimum absolute atomic E-state index is 0.0612. The van der Waals surface area contributed by atoms with Crippen molar-refractivity contribution in [2.75, 3.05) is 29.5 Å². The van der Waals surface area contributed by atoms with Crippen LogP contribution < -0.4 is 4.90 Å². The Kier molecular flexibility index (Phi) is 7.23. The molecule has 4 aromatic carbocycles. The zero-order valence-electron chi connectivity index (χ0n) is 33.4. The summed E-state index contributed by atoms with van der Waals surface area (Å²) in [6.07, 6.45) is 26.7. The standard InChI is InChI=1S/C53H54N2S/c1-52(2)46-31-36(16-21-42(46)43-22-20-40(33-47(43)52)54-26-8-11-37-10-4-5-13-49(37)54)15-14-35-17-23-50-45(30-35)48-34-41(24-25-53(48,3)56(50)28-6-7-29-56)55-27-9-12-38-18-19-39-32-44(39)51(38)55/h4-5,10,13-25,30-31,33-34,39,44,48H,6-9,11-12,26-29,32H2,1-3H3. The van der Waals surface area contributed by atoms with Crippen molar-refractivity contribution >= 4 is 33.6 Å². The second-order valence-electron chi connectivity index (χ2n) is 18.8. The quantitative estimate of drug-likeness (QED) is 0.192. The van der Waals surface area contributed by atoms with Gasteiger partial charge >= 0.3 is 0 Å². The van der Waals surface area contributed by atoms with Gasteiger partial charge in [-0.2, -0.15) is 0 Å². The van der Waals surface area contributed by atoms with Gasteiger partial charge in [-0.3, -0.25) is 0 Å². The van der Waals surface area contributed by atoms with Crippen molar-refractivity contribution in [1.82, 2.24) is 4.90 Å². The molecule has 4 unspecified atom stereocenters. The number of hydrogen-bond donors (Lipinski definition) is 0. The fourth-order valence-corrected chi connectivity index (χ4v) is 17.7. The van der Waals surface area contributed by atoms with Gasteiger partial charge < -0.3 is 9.80 Å². The van der Waals surface area contributed by atoms with Crippen molar-refractivity contribution in [1.29, 1.82) is 0 Å². The van der Waals surface area contributed by atoms with E-state index in [4.69, 9.17) is 0 Å². The molecule has 56 heavy (non-hydrogen) atoms. The van der Waals surface area contributed by atoms with Crippen LogP contribution in [0.4, 0.5) is 11.4 Å². The molecule has 282 valence electrons. The van der Waals surface area contributed by atoms with Crippen LogP contribution in [0.25, 0.3) is 23.3 Å². The highest BCUT2D eigenvalue weighted by Crippen LogP contribution is 2.79. The zero-order valence-corrected chi connectivity index (χ0v) is 34.2. The summed E-state index contributed by atoms with van der Waals surface area (Å²) in [6, 6.07) is 31.0. The van der Waals surface area contributed by atoms with Crippen molar-refractivity contribution in [3.63, 3.8) is 0 Å². The van der Waals surface area contributed by atoms with Crippen LogP contribution in [0.2, 0.25) is 0 Å². The lowest BCUT2D eigenvalue weighted by Gasteiger charge is -2.49. The van der Waals surface area contributed by atoms with Gasteiger partial charge in [-0.05, 0) is 155 Å². The molecule has 0 N–H and O–H groups in total. The molecule has 12 rings (SSSR count). The number of para-hydroxylation sites is 1. The summed E-state index contributed by atoms with van der Waals surface area (Å²) in [5, 5.41) is 0. The highest BCUT2D eigenvalue weighted by molar-refractivity contribution is 8.35. The maximum atomic E-state index is 2.75. The number of nitrogens with zero attached hydrogens (tertiary/aromatic N) is 2. The minimum Gasteiger partial charge on any atom is -0.345 e. The number of fused-ring (bicyclic) bond motifs is 11. The summed E-state index contributed by atoms with van der Waals surface area (Å²) in [5.41, 5.74) is 18.7. The van der Waals surface area contributed by atoms with E-state index in [-0.39, 0.29) is 10.2 Å². The Labute approximate surface area is 335 Å². The van der Waals surface area contributed by atoms with Gasteiger partial charge in [0.15, 0.2) is 0 Å². The number of anilines is 2. The van der Waals surface area contributed by atoms with E-state index in [1.807, 2.05) is 0 Å². The van der Waals surface area contributed by atoms with Gasteiger partial charge in [0.25, 0.3) is 0 Å². The number of allylic oxidation sites excluding steroid dienone is 6. The van der Waals surface area contributed by atoms with Crippen LogP contribution in [-0.4, -0.2) is 34.2 Å². The Bertz CT molecular complexity index is 2500. The molecule has 1 saturated heterocycles. The van der Waals surface area contributed by atoms with Crippen LogP contribution in [0.15, 0.2) is 131 Å². The van der Waals surface area contributed by atoms with Crippen molar-refractivity contribution in [3.8, 4) is 11.1 Å². The van der Waals surface area contributed by atoms with E-state index in [2.05, 4.69) is 152 Å². The molecule has 1 spiro atoms. The summed E-state index contributed by atoms with van der Waals surface area (Å²) < 4.78 is 0.205. The second kappa shape index (κ2) is 12.0. The van der Waals surface area contributed by atoms with E-state index in [0.29, 0.717) is 5.92 Å². The number of hydrogen-bond acceptors (Lipinski definition) is 2. The maximum Gasteiger partial charge on any atom is 0.0443 e. The Morgan fingerprint density at radius 2 is 1.48 bits per heavy atom. The number of rotatable bonds is 4. The Morgan fingerprint density at radius 3 is 2.36 bits per heavy atom. The normalized spacial score (nSPS) is 28.7. The van der Waals surface area contributed by atoms with E-state index < -0.39 is 10.0 Å². The van der Waals surface area contributed by atoms with Gasteiger partial charge in [0, 0.05) is 57.9 Å². The third-order valence-electron chi connectivity index (χ3n) is 15.5. The van der Waals surface area contributed by atoms with Crippen LogP contribution >= 0.6 is 10.0 Å². The first-order valence-electron chi connectivity index (χ1n) is 21.7. The lowest BCUT2D eigenvalue weighted by molar-refractivity contribution is 0.368. The zero-order chi connectivity index (χ0) is 37.4. The molecule has 4 atom stereocenters. The van der Waals surface area contributed by atoms with Crippen molar-refractivity contribution < 1.29 is 0 Å². The summed E-state index contributed by atoms with van der Waals surface area (Å²) in [4.78, 5) is 7.01. The molecule has 4 aromatic rings. The van der Waals surface area contributed by atoms with Crippen molar-refractivity contribution in [2.45, 2.75) is 86.7 Å². The SMILES string of the molecule is CC1(C)c2cc(C=Cc3ccc4c(c3)C3C=C(N5CCCC6=C5C5CC5C=C6)C=CC3(C)S43CCCC3)ccc2-c2ccc(N3CCCc4ccccc43)cc21. The molecular formula is C53H54N2S. The summed E-state index contributed by atoms with van der Waals surface area (Å²) >= 11 is 0. The third kappa shape index (κ3) is 4.70. The molecule has 0 bridgehead atoms. The molecule has 0 aromatic heterocycles. The summed E-state index contributed by atoms with van der Waals surface area (Å²) in [5.74, 6) is 4.77. The molecule has 1 saturated carbocycles. The molecule has 8 aliphatic rings. The lowest BCUT2D eigenvalue weighted by Crippen LogP contribution is -2.36. The first kappa shape index (κ1) is 33.6. The molecule has 2 fully saturated rings. The highest BCUT2D eigenvalue weighted by Gasteiger charge is 2.57. The highest BCUT2D eigenvalue weighted by atomic mass is 32.3. The van der Waals surface area contributed by atoms with E-state index in [0.717, 1.165) is 18.4 Å². The van der Waals surface area contributed by atoms with Gasteiger partial charge in [-0.25, -0.2) is 10.0 Å². The Morgan fingerprint density at radius 1 is 0.732 bits per heavy atom. The smallest absolute Gasteiger partial charge is 0.0443 e. The van der Waals surface area contributed by atoms with Crippen molar-refractivity contribution in [3.05, 3.63) is 160 Å². The van der Waals surface area contributed by atoms with E-state index in [1.165, 1.54) is 119 Å². The van der Waals surface area contributed by atoms with Gasteiger partial charge in [0.05, 0.1) is 0 Å². The number of benzene rings is 4. The summed E-state index contributed by atoms with van der Waals surface area (Å²) in [6.45, 7) is 9.73. The Hall–Kier alpha value is -4.47. The third-order valence-corrected chi connectivity index (χ3v) is 20.7. The Balaban J connectivity index is 0.865. The molecule has 0 amide bonds. The fourth-order valence-electron chi connectivity index (χ4n) is 12.4. The monoisotopic (exact) mass is 750 g/mol. The maximum absolute atomic E-state index is 2.75. The minimum atomic E-state index is -0.921. The number of aryl methyl sites for hydroxylation is 1. The van der Waals surface area contributed by atoms with Crippen LogP contribution in [0.1, 0.15) is 98.6 Å². The summed E-state index contributed by atoms with van der Waals surface area (Å²) in [7, 11) is -0.921. The molecule has 4 aliphatic heterocycles. The van der Waals surface area contributed by atoms with Crippen molar-refractivity contribution in [2.24, 2.45) is 11.8 Å². The van der Waals surface area contributed by atoms with Crippen LogP contribution in [0.5, 0.6) is 0 Å². The van der Waals surface area contributed by atoms with Gasteiger partial charge in [-0.15, -0.1) is 0 Å². The lowest BCUT2D eigenvalue weighted by atomic mass is 9.81. The molecular weight excluding hydrogens is 697 g/mol. The van der Waals surface area contributed by atoms with Gasteiger partial charge in [-0.1, -0.05) is 105 Å². The van der Waals surface area contributed by atoms with Gasteiger partial charge in [0.1, 0.15) is 0 Å². The topological polar surface area (TPSA) is 6.48 Å². The largest absolute Gasteiger partial charge is 0.345 e. The molecule has 2 nitrogen and oxygen atoms in total. The van der Waals surface area contributed by atoms with E-state index in [9.17, 15) is 0 Å². The van der Waals surface area contributed by atoms with E-state index >= 15 is 0 Å². The predicted molar refractivity (Wildman–Crippen MR) is 238 cm³/mol. The second-order valence-corrected chi connectivity index (χ2v) is 22.7. The van der Waals surface area contributed by atoms with Gasteiger partial charge in [0.2, 0.25) is 0 Å². The molecule has 4 aliphatic carbocycles. The predicted octanol–water partition coefficient (Wildman–Crippen LogP) is 13.1. The average Bonchev–Trinajstić information content (AvgIpc) is 3.72. The van der Waals surface area contributed by atoms with Crippen LogP contribution in [0.3, 0.4) is 0 Å². The first-order valence-corrected chi connectivity index (χ1v) is 23.6. The molecule has 0 radical (unpaired) electrons.